The number of carboxylic acids is 1. The molecular formula is C25H45ClO14. The van der Waals surface area contributed by atoms with E-state index >= 15 is 0 Å². The van der Waals surface area contributed by atoms with Crippen LogP contribution in [-0.4, -0.2) is 154 Å². The Morgan fingerprint density at radius 1 is 0.425 bits per heavy atom. The molecule has 0 atom stereocenters. The van der Waals surface area contributed by atoms with E-state index in [-0.39, 0.29) is 26.1 Å². The van der Waals surface area contributed by atoms with Crippen molar-refractivity contribution in [3.8, 4) is 0 Å². The summed E-state index contributed by atoms with van der Waals surface area (Å²) in [6, 6.07) is 0. The van der Waals surface area contributed by atoms with Gasteiger partial charge in [-0.15, -0.1) is 11.6 Å². The number of carbonyl (C=O) groups excluding carboxylic acids is 2. The Hall–Kier alpha value is -1.46. The number of aliphatic carboxylic acids is 1. The molecule has 0 saturated heterocycles. The van der Waals surface area contributed by atoms with E-state index in [1.54, 1.807) is 0 Å². The van der Waals surface area contributed by atoms with Gasteiger partial charge in [0, 0.05) is 12.3 Å². The molecule has 0 fully saturated rings. The Kier molecular flexibility index (Phi) is 30.9. The summed E-state index contributed by atoms with van der Waals surface area (Å²) in [7, 11) is 0. The van der Waals surface area contributed by atoms with Crippen LogP contribution in [0.4, 0.5) is 0 Å². The number of halogens is 1. The molecule has 0 spiro atoms. The van der Waals surface area contributed by atoms with Gasteiger partial charge < -0.3 is 52.5 Å². The number of ether oxygens (including phenoxy) is 10. The fraction of sp³-hybridized carbons (Fsp3) is 0.880. The molecule has 0 aliphatic carbocycles. The summed E-state index contributed by atoms with van der Waals surface area (Å²) in [5, 5.41) is 8.42. The predicted octanol–water partition coefficient (Wildman–Crippen LogP) is 0.352. The van der Waals surface area contributed by atoms with Crippen LogP contribution in [0.2, 0.25) is 0 Å². The maximum absolute atomic E-state index is 11.3. The summed E-state index contributed by atoms with van der Waals surface area (Å²) in [5.74, 6) is -2.75. The zero-order valence-corrected chi connectivity index (χ0v) is 23.9. The van der Waals surface area contributed by atoms with E-state index < -0.39 is 17.7 Å². The molecule has 0 aromatic carbocycles. The summed E-state index contributed by atoms with van der Waals surface area (Å²) in [4.78, 5) is 32.6. The molecule has 0 heterocycles. The highest BCUT2D eigenvalue weighted by Gasteiger charge is 2.14. The van der Waals surface area contributed by atoms with E-state index in [0.717, 1.165) is 0 Å². The zero-order valence-electron chi connectivity index (χ0n) is 23.2. The van der Waals surface area contributed by atoms with Crippen molar-refractivity contribution in [1.82, 2.24) is 0 Å². The standard InChI is InChI=1S/C25H45ClO14/c26-3-4-31-5-6-32-7-8-33-9-10-34-11-12-35-13-14-36-15-16-37-17-18-38-19-20-39-21-22-40-24(28)2-1-23(27)25(29)30/h1-22H2,(H,29,30). The number of ketones is 1. The second-order valence-electron chi connectivity index (χ2n) is 7.65. The molecule has 0 unspecified atom stereocenters. The van der Waals surface area contributed by atoms with E-state index in [0.29, 0.717) is 118 Å². The van der Waals surface area contributed by atoms with Crippen LogP contribution >= 0.6 is 11.6 Å². The monoisotopic (exact) mass is 604 g/mol. The molecule has 0 aliphatic heterocycles. The summed E-state index contributed by atoms with van der Waals surface area (Å²) < 4.78 is 53.0. The highest BCUT2D eigenvalue weighted by Crippen LogP contribution is 1.95. The minimum atomic E-state index is -1.56. The van der Waals surface area contributed by atoms with Gasteiger partial charge >= 0.3 is 11.9 Å². The Morgan fingerprint density at radius 3 is 0.975 bits per heavy atom. The molecule has 15 heteroatoms. The van der Waals surface area contributed by atoms with Gasteiger partial charge in [-0.25, -0.2) is 4.79 Å². The molecule has 40 heavy (non-hydrogen) atoms. The van der Waals surface area contributed by atoms with Crippen LogP contribution in [0.1, 0.15) is 12.8 Å². The van der Waals surface area contributed by atoms with Crippen LogP contribution in [0.25, 0.3) is 0 Å². The Morgan fingerprint density at radius 2 is 0.700 bits per heavy atom. The lowest BCUT2D eigenvalue weighted by atomic mass is 10.2. The number of alkyl halides is 1. The third-order valence-corrected chi connectivity index (χ3v) is 4.64. The minimum Gasteiger partial charge on any atom is -0.476 e. The topological polar surface area (TPSA) is 164 Å². The van der Waals surface area contributed by atoms with Crippen molar-refractivity contribution in [2.24, 2.45) is 0 Å². The summed E-state index contributed by atoms with van der Waals surface area (Å²) in [6.45, 7) is 8.09. The van der Waals surface area contributed by atoms with Crippen LogP contribution < -0.4 is 0 Å². The van der Waals surface area contributed by atoms with Gasteiger partial charge in [0.25, 0.3) is 0 Å². The summed E-state index contributed by atoms with van der Waals surface area (Å²) in [5.41, 5.74) is 0. The minimum absolute atomic E-state index is 0.0161. The fourth-order valence-corrected chi connectivity index (χ4v) is 2.63. The third-order valence-electron chi connectivity index (χ3n) is 4.48. The van der Waals surface area contributed by atoms with Crippen LogP contribution in [0.15, 0.2) is 0 Å². The maximum Gasteiger partial charge on any atom is 0.372 e. The van der Waals surface area contributed by atoms with Crippen molar-refractivity contribution in [2.45, 2.75) is 12.8 Å². The van der Waals surface area contributed by atoms with Gasteiger partial charge in [-0.3, -0.25) is 9.59 Å². The molecule has 236 valence electrons. The zero-order chi connectivity index (χ0) is 29.4. The fourth-order valence-electron chi connectivity index (χ4n) is 2.53. The van der Waals surface area contributed by atoms with E-state index in [1.807, 2.05) is 0 Å². The third kappa shape index (κ3) is 31.1. The molecular weight excluding hydrogens is 560 g/mol. The van der Waals surface area contributed by atoms with Crippen molar-refractivity contribution in [3.05, 3.63) is 0 Å². The van der Waals surface area contributed by atoms with Crippen molar-refractivity contribution in [1.29, 1.82) is 0 Å². The van der Waals surface area contributed by atoms with Gasteiger partial charge in [0.05, 0.1) is 125 Å². The highest BCUT2D eigenvalue weighted by molar-refractivity contribution is 6.32. The number of esters is 1. The number of rotatable bonds is 33. The lowest BCUT2D eigenvalue weighted by molar-refractivity contribution is -0.151. The van der Waals surface area contributed by atoms with Crippen LogP contribution in [0.3, 0.4) is 0 Å². The van der Waals surface area contributed by atoms with E-state index in [9.17, 15) is 14.4 Å². The second-order valence-corrected chi connectivity index (χ2v) is 8.03. The second kappa shape index (κ2) is 32.1. The Labute approximate surface area is 240 Å². The Balaban J connectivity index is 3.12. The van der Waals surface area contributed by atoms with Crippen LogP contribution in [0, 0.1) is 0 Å². The summed E-state index contributed by atoms with van der Waals surface area (Å²) in [6.07, 6.45) is -0.656. The molecule has 0 rings (SSSR count). The number of carbonyl (C=O) groups is 3. The lowest BCUT2D eigenvalue weighted by Gasteiger charge is -2.09. The first kappa shape index (κ1) is 38.5. The molecule has 0 radical (unpaired) electrons. The van der Waals surface area contributed by atoms with Gasteiger partial charge in [-0.1, -0.05) is 0 Å². The molecule has 0 amide bonds. The van der Waals surface area contributed by atoms with Gasteiger partial charge in [0.1, 0.15) is 6.61 Å². The smallest absolute Gasteiger partial charge is 0.372 e. The first-order valence-corrected chi connectivity index (χ1v) is 13.8. The number of carboxylic acid groups (broad SMARTS) is 1. The van der Waals surface area contributed by atoms with Crippen LogP contribution in [-0.2, 0) is 61.8 Å². The number of hydrogen-bond donors (Lipinski definition) is 1. The van der Waals surface area contributed by atoms with E-state index in [4.69, 9.17) is 64.1 Å². The van der Waals surface area contributed by atoms with Crippen molar-refractivity contribution in [3.63, 3.8) is 0 Å². The predicted molar refractivity (Wildman–Crippen MR) is 141 cm³/mol. The molecule has 0 aromatic rings. The van der Waals surface area contributed by atoms with Crippen molar-refractivity contribution < 1.29 is 66.9 Å². The number of hydrogen-bond acceptors (Lipinski definition) is 13. The van der Waals surface area contributed by atoms with Gasteiger partial charge in [0.15, 0.2) is 0 Å². The molecule has 14 nitrogen and oxygen atoms in total. The van der Waals surface area contributed by atoms with Crippen molar-refractivity contribution in [2.75, 3.05) is 131 Å². The largest absolute Gasteiger partial charge is 0.476 e. The first-order chi connectivity index (χ1) is 19.6. The quantitative estimate of drug-likeness (QED) is 0.0472. The van der Waals surface area contributed by atoms with Crippen molar-refractivity contribution >= 4 is 29.3 Å². The molecule has 0 saturated carbocycles. The van der Waals surface area contributed by atoms with Gasteiger partial charge in [0.2, 0.25) is 5.78 Å². The highest BCUT2D eigenvalue weighted by atomic mass is 35.5. The molecule has 0 bridgehead atoms. The Bertz CT molecular complexity index is 596. The van der Waals surface area contributed by atoms with Crippen LogP contribution in [0.5, 0.6) is 0 Å². The first-order valence-electron chi connectivity index (χ1n) is 13.2. The van der Waals surface area contributed by atoms with E-state index in [1.165, 1.54) is 0 Å². The van der Waals surface area contributed by atoms with Gasteiger partial charge in [-0.05, 0) is 0 Å². The summed E-state index contributed by atoms with van der Waals surface area (Å²) >= 11 is 5.49. The SMILES string of the molecule is O=C(CCC(=O)C(=O)O)OCCOCCOCCOCCOCCOCCOCCOCCOCCOCCCl. The maximum atomic E-state index is 11.3. The number of Topliss-reactive ketones (excluding diaryl/α,β-unsaturated/α-hetero) is 1. The van der Waals surface area contributed by atoms with Gasteiger partial charge in [-0.2, -0.15) is 0 Å². The van der Waals surface area contributed by atoms with E-state index in [2.05, 4.69) is 0 Å². The molecule has 0 aromatic heterocycles. The lowest BCUT2D eigenvalue weighted by Crippen LogP contribution is -2.17. The average Bonchev–Trinajstić information content (AvgIpc) is 2.95. The normalized spacial score (nSPS) is 11.1. The molecule has 1 N–H and O–H groups in total. The average molecular weight is 605 g/mol. The molecule has 0 aliphatic rings.